The Hall–Kier alpha value is -1.88. The highest BCUT2D eigenvalue weighted by molar-refractivity contribution is 7.98. The molecule has 102 valence electrons. The topological polar surface area (TPSA) is 43.6 Å². The molecule has 3 rings (SSSR count). The van der Waals surface area contributed by atoms with Crippen molar-refractivity contribution >= 4 is 22.5 Å². The first-order chi connectivity index (χ1) is 9.74. The molecule has 0 saturated heterocycles. The summed E-state index contributed by atoms with van der Waals surface area (Å²) in [6.07, 6.45) is 3.82. The summed E-state index contributed by atoms with van der Waals surface area (Å²) >= 11 is 1.68. The van der Waals surface area contributed by atoms with E-state index in [4.69, 9.17) is 0 Å². The van der Waals surface area contributed by atoms with Gasteiger partial charge in [0.25, 0.3) is 0 Å². The molecule has 0 atom stereocenters. The predicted molar refractivity (Wildman–Crippen MR) is 81.7 cm³/mol. The molecule has 0 amide bonds. The molecule has 2 aromatic heterocycles. The first-order valence-corrected chi connectivity index (χ1v) is 7.60. The van der Waals surface area contributed by atoms with Crippen LogP contribution in [0.15, 0.2) is 47.8 Å². The lowest BCUT2D eigenvalue weighted by atomic mass is 10.2. The molecule has 0 aliphatic carbocycles. The highest BCUT2D eigenvalue weighted by Gasteiger charge is 2.06. The van der Waals surface area contributed by atoms with Crippen LogP contribution in [0.2, 0.25) is 0 Å². The van der Waals surface area contributed by atoms with Gasteiger partial charge in [-0.3, -0.25) is 4.68 Å². The minimum atomic E-state index is 0.395. The third-order valence-corrected chi connectivity index (χ3v) is 4.10. The van der Waals surface area contributed by atoms with Crippen molar-refractivity contribution in [2.45, 2.75) is 30.7 Å². The number of nitrogens with zero attached hydrogens (tertiary/aromatic N) is 4. The zero-order chi connectivity index (χ0) is 13.9. The number of thioether (sulfide) groups is 1. The summed E-state index contributed by atoms with van der Waals surface area (Å²) in [6, 6.07) is 10.6. The van der Waals surface area contributed by atoms with Crippen molar-refractivity contribution < 1.29 is 0 Å². The Morgan fingerprint density at radius 2 is 2.05 bits per heavy atom. The summed E-state index contributed by atoms with van der Waals surface area (Å²) in [5.41, 5.74) is 1.07. The van der Waals surface area contributed by atoms with E-state index in [9.17, 15) is 0 Å². The molecule has 0 saturated carbocycles. The van der Waals surface area contributed by atoms with E-state index in [-0.39, 0.29) is 0 Å². The van der Waals surface area contributed by atoms with Crippen LogP contribution in [0, 0.1) is 0 Å². The van der Waals surface area contributed by atoms with Gasteiger partial charge in [-0.05, 0) is 19.9 Å². The first kappa shape index (κ1) is 13.1. The fraction of sp³-hybridized carbons (Fsp3) is 0.267. The minimum absolute atomic E-state index is 0.395. The zero-order valence-electron chi connectivity index (χ0n) is 11.5. The monoisotopic (exact) mass is 284 g/mol. The van der Waals surface area contributed by atoms with Crippen molar-refractivity contribution in [1.29, 1.82) is 0 Å². The van der Waals surface area contributed by atoms with E-state index in [0.717, 1.165) is 27.2 Å². The van der Waals surface area contributed by atoms with Crippen molar-refractivity contribution in [3.05, 3.63) is 48.4 Å². The van der Waals surface area contributed by atoms with E-state index in [1.807, 2.05) is 23.0 Å². The highest BCUT2D eigenvalue weighted by Crippen LogP contribution is 2.27. The summed E-state index contributed by atoms with van der Waals surface area (Å²) in [7, 11) is 0. The second-order valence-electron chi connectivity index (χ2n) is 4.91. The van der Waals surface area contributed by atoms with Gasteiger partial charge in [0.2, 0.25) is 0 Å². The van der Waals surface area contributed by atoms with Crippen LogP contribution >= 0.6 is 11.8 Å². The molecule has 0 radical (unpaired) electrons. The number of fused-ring (bicyclic) bond motifs is 1. The Morgan fingerprint density at radius 3 is 2.85 bits per heavy atom. The molecule has 0 aliphatic rings. The zero-order valence-corrected chi connectivity index (χ0v) is 12.3. The molecule has 20 heavy (non-hydrogen) atoms. The number of benzene rings is 1. The van der Waals surface area contributed by atoms with E-state index in [0.29, 0.717) is 6.04 Å². The average molecular weight is 284 g/mol. The van der Waals surface area contributed by atoms with Crippen LogP contribution in [-0.4, -0.2) is 20.0 Å². The van der Waals surface area contributed by atoms with Crippen molar-refractivity contribution in [1.82, 2.24) is 20.0 Å². The maximum absolute atomic E-state index is 4.55. The summed E-state index contributed by atoms with van der Waals surface area (Å²) in [5, 5.41) is 16.1. The van der Waals surface area contributed by atoms with Crippen molar-refractivity contribution in [3.8, 4) is 0 Å². The van der Waals surface area contributed by atoms with Crippen molar-refractivity contribution in [2.75, 3.05) is 0 Å². The Morgan fingerprint density at radius 1 is 1.20 bits per heavy atom. The Balaban J connectivity index is 1.79. The molecule has 1 aromatic carbocycles. The number of hydrogen-bond donors (Lipinski definition) is 0. The average Bonchev–Trinajstić information content (AvgIpc) is 2.94. The third kappa shape index (κ3) is 2.67. The van der Waals surface area contributed by atoms with E-state index in [1.165, 1.54) is 0 Å². The van der Waals surface area contributed by atoms with Crippen molar-refractivity contribution in [3.63, 3.8) is 0 Å². The molecule has 5 heteroatoms. The van der Waals surface area contributed by atoms with Gasteiger partial charge in [0, 0.05) is 28.8 Å². The van der Waals surface area contributed by atoms with Gasteiger partial charge in [-0.15, -0.1) is 5.10 Å². The minimum Gasteiger partial charge on any atom is -0.270 e. The first-order valence-electron chi connectivity index (χ1n) is 6.61. The summed E-state index contributed by atoms with van der Waals surface area (Å²) in [5.74, 6) is 0.808. The third-order valence-electron chi connectivity index (χ3n) is 3.09. The van der Waals surface area contributed by atoms with Crippen LogP contribution in [0.25, 0.3) is 10.8 Å². The molecular weight excluding hydrogens is 268 g/mol. The quantitative estimate of drug-likeness (QED) is 0.685. The van der Waals surface area contributed by atoms with Gasteiger partial charge in [0.15, 0.2) is 0 Å². The predicted octanol–water partition coefficient (Wildman–Crippen LogP) is 3.70. The van der Waals surface area contributed by atoms with Gasteiger partial charge in [-0.25, -0.2) is 0 Å². The normalized spacial score (nSPS) is 11.3. The molecule has 2 heterocycles. The van der Waals surface area contributed by atoms with Crippen LogP contribution in [0.4, 0.5) is 0 Å². The van der Waals surface area contributed by atoms with E-state index in [2.05, 4.69) is 47.3 Å². The Labute approximate surface area is 122 Å². The Bertz CT molecular complexity index is 715. The van der Waals surface area contributed by atoms with Crippen LogP contribution in [0.1, 0.15) is 25.6 Å². The van der Waals surface area contributed by atoms with Gasteiger partial charge in [-0.1, -0.05) is 36.0 Å². The van der Waals surface area contributed by atoms with Crippen molar-refractivity contribution in [2.24, 2.45) is 0 Å². The second kappa shape index (κ2) is 5.63. The molecule has 0 unspecified atom stereocenters. The molecule has 0 spiro atoms. The lowest BCUT2D eigenvalue weighted by Gasteiger charge is -2.04. The smallest absolute Gasteiger partial charge is 0.127 e. The van der Waals surface area contributed by atoms with E-state index < -0.39 is 0 Å². The fourth-order valence-corrected chi connectivity index (χ4v) is 2.88. The van der Waals surface area contributed by atoms with Gasteiger partial charge >= 0.3 is 0 Å². The summed E-state index contributed by atoms with van der Waals surface area (Å²) in [4.78, 5) is 0. The van der Waals surface area contributed by atoms with Gasteiger partial charge in [-0.2, -0.15) is 10.2 Å². The highest BCUT2D eigenvalue weighted by atomic mass is 32.2. The van der Waals surface area contributed by atoms with Crippen LogP contribution in [0.3, 0.4) is 0 Å². The summed E-state index contributed by atoms with van der Waals surface area (Å²) < 4.78 is 1.98. The summed E-state index contributed by atoms with van der Waals surface area (Å²) in [6.45, 7) is 4.25. The lowest BCUT2D eigenvalue weighted by Crippen LogP contribution is -2.01. The Kier molecular flexibility index (Phi) is 3.69. The molecule has 0 bridgehead atoms. The molecule has 3 aromatic rings. The van der Waals surface area contributed by atoms with Gasteiger partial charge < -0.3 is 0 Å². The van der Waals surface area contributed by atoms with Gasteiger partial charge in [0.05, 0.1) is 11.9 Å². The maximum Gasteiger partial charge on any atom is 0.127 e. The van der Waals surface area contributed by atoms with E-state index >= 15 is 0 Å². The molecular formula is C15H16N4S. The fourth-order valence-electron chi connectivity index (χ4n) is 1.99. The van der Waals surface area contributed by atoms with Gasteiger partial charge in [0.1, 0.15) is 5.03 Å². The van der Waals surface area contributed by atoms with Crippen LogP contribution in [-0.2, 0) is 5.75 Å². The van der Waals surface area contributed by atoms with E-state index in [1.54, 1.807) is 18.0 Å². The maximum atomic E-state index is 4.55. The number of aromatic nitrogens is 4. The molecule has 0 fully saturated rings. The molecule has 4 nitrogen and oxygen atoms in total. The number of hydrogen-bond acceptors (Lipinski definition) is 4. The standard InChI is InChI=1S/C15H16N4S/c1-11(2)19-8-7-13(18-19)10-20-15-14-6-4-3-5-12(14)9-16-17-15/h3-9,11H,10H2,1-2H3. The molecule has 0 N–H and O–H groups in total. The van der Waals surface area contributed by atoms with Crippen LogP contribution in [0.5, 0.6) is 0 Å². The SMILES string of the molecule is CC(C)n1ccc(CSc2nncc3ccccc23)n1. The largest absolute Gasteiger partial charge is 0.270 e. The molecule has 0 aliphatic heterocycles. The van der Waals surface area contributed by atoms with Crippen LogP contribution < -0.4 is 0 Å². The number of rotatable bonds is 4. The lowest BCUT2D eigenvalue weighted by molar-refractivity contribution is 0.529. The second-order valence-corrected chi connectivity index (χ2v) is 5.87.